The van der Waals surface area contributed by atoms with Crippen molar-refractivity contribution < 1.29 is 22.4 Å². The highest BCUT2D eigenvalue weighted by Gasteiger charge is 2.30. The molecule has 0 radical (unpaired) electrons. The molecule has 0 heterocycles. The number of carbonyl (C=O) groups is 2. The van der Waals surface area contributed by atoms with Gasteiger partial charge >= 0.3 is 0 Å². The number of nitrogens with zero attached hydrogens (tertiary/aromatic N) is 1. The average molecular weight is 552 g/mol. The van der Waals surface area contributed by atoms with Crippen LogP contribution in [-0.2, 0) is 39.0 Å². The predicted molar refractivity (Wildman–Crippen MR) is 150 cm³/mol. The van der Waals surface area contributed by atoms with Crippen LogP contribution in [-0.4, -0.2) is 44.3 Å². The van der Waals surface area contributed by atoms with Gasteiger partial charge in [-0.2, -0.15) is 0 Å². The summed E-state index contributed by atoms with van der Waals surface area (Å²) in [6.07, 6.45) is 2.32. The summed E-state index contributed by atoms with van der Waals surface area (Å²) >= 11 is 0. The number of sulfonamides is 1. The Morgan fingerprint density at radius 2 is 1.59 bits per heavy atom. The van der Waals surface area contributed by atoms with Gasteiger partial charge in [-0.05, 0) is 47.4 Å². The van der Waals surface area contributed by atoms with E-state index >= 15 is 0 Å². The summed E-state index contributed by atoms with van der Waals surface area (Å²) in [4.78, 5) is 28.6. The number of benzene rings is 3. The van der Waals surface area contributed by atoms with E-state index in [-0.39, 0.29) is 48.6 Å². The third kappa shape index (κ3) is 8.87. The molecule has 206 valence electrons. The molecule has 9 heteroatoms. The highest BCUT2D eigenvalue weighted by molar-refractivity contribution is 7.89. The molecule has 0 bridgehead atoms. The smallest absolute Gasteiger partial charge is 0.243 e. The summed E-state index contributed by atoms with van der Waals surface area (Å²) in [6, 6.07) is 20.8. The number of halogens is 1. The first-order valence-corrected chi connectivity index (χ1v) is 14.3. The Kier molecular flexibility index (Phi) is 11.0. The minimum absolute atomic E-state index is 0.0977. The summed E-state index contributed by atoms with van der Waals surface area (Å²) in [5.41, 5.74) is 2.37. The van der Waals surface area contributed by atoms with Crippen molar-refractivity contribution >= 4 is 21.8 Å². The zero-order chi connectivity index (χ0) is 28.3. The second-order valence-electron chi connectivity index (χ2n) is 9.03. The third-order valence-corrected chi connectivity index (χ3v) is 7.71. The number of nitrogens with one attached hydrogen (secondary N) is 2. The lowest BCUT2D eigenvalue weighted by molar-refractivity contribution is -0.141. The van der Waals surface area contributed by atoms with Crippen molar-refractivity contribution in [2.75, 3.05) is 13.1 Å². The topological polar surface area (TPSA) is 95.6 Å². The number of rotatable bonds is 14. The summed E-state index contributed by atoms with van der Waals surface area (Å²) in [5.74, 6) is -0.952. The van der Waals surface area contributed by atoms with E-state index in [1.165, 1.54) is 29.2 Å². The van der Waals surface area contributed by atoms with Crippen LogP contribution in [0.2, 0.25) is 0 Å². The van der Waals surface area contributed by atoms with E-state index in [1.807, 2.05) is 30.3 Å². The molecule has 0 fully saturated rings. The van der Waals surface area contributed by atoms with Crippen molar-refractivity contribution in [3.05, 3.63) is 114 Å². The Bertz CT molecular complexity index is 1350. The molecule has 3 aromatic carbocycles. The lowest BCUT2D eigenvalue weighted by atomic mass is 10.0. The van der Waals surface area contributed by atoms with Crippen LogP contribution < -0.4 is 10.0 Å². The molecule has 0 aromatic heterocycles. The highest BCUT2D eigenvalue weighted by Crippen LogP contribution is 2.18. The van der Waals surface area contributed by atoms with Crippen LogP contribution in [0.5, 0.6) is 0 Å². The van der Waals surface area contributed by atoms with Crippen LogP contribution in [0.1, 0.15) is 30.0 Å². The number of carbonyl (C=O) groups excluding carboxylic acids is 2. The Morgan fingerprint density at radius 3 is 2.21 bits per heavy atom. The molecule has 3 aromatic rings. The first kappa shape index (κ1) is 29.7. The highest BCUT2D eigenvalue weighted by atomic mass is 32.2. The first-order chi connectivity index (χ1) is 18.7. The van der Waals surface area contributed by atoms with Crippen molar-refractivity contribution in [3.8, 4) is 0 Å². The molecule has 2 N–H and O–H groups in total. The van der Waals surface area contributed by atoms with Crippen molar-refractivity contribution in [1.82, 2.24) is 14.9 Å². The maximum Gasteiger partial charge on any atom is 0.243 e. The van der Waals surface area contributed by atoms with Crippen LogP contribution in [0.4, 0.5) is 4.39 Å². The predicted octanol–water partition coefficient (Wildman–Crippen LogP) is 4.00. The van der Waals surface area contributed by atoms with E-state index in [4.69, 9.17) is 0 Å². The number of amides is 2. The number of aryl methyl sites for hydroxylation is 1. The van der Waals surface area contributed by atoms with Gasteiger partial charge in [0.25, 0.3) is 0 Å². The van der Waals surface area contributed by atoms with Gasteiger partial charge in [0.2, 0.25) is 21.8 Å². The minimum Gasteiger partial charge on any atom is -0.351 e. The van der Waals surface area contributed by atoms with Gasteiger partial charge in [0.1, 0.15) is 11.9 Å². The molecule has 2 amide bonds. The van der Waals surface area contributed by atoms with Gasteiger partial charge in [0, 0.05) is 32.5 Å². The molecule has 39 heavy (non-hydrogen) atoms. The van der Waals surface area contributed by atoms with Gasteiger partial charge in [-0.15, -0.1) is 6.58 Å². The Balaban J connectivity index is 1.85. The van der Waals surface area contributed by atoms with Crippen LogP contribution in [0.25, 0.3) is 0 Å². The Morgan fingerprint density at radius 1 is 0.949 bits per heavy atom. The molecule has 3 rings (SSSR count). The van der Waals surface area contributed by atoms with E-state index in [0.717, 1.165) is 11.1 Å². The maximum absolute atomic E-state index is 13.7. The van der Waals surface area contributed by atoms with Crippen LogP contribution >= 0.6 is 0 Å². The second-order valence-corrected chi connectivity index (χ2v) is 10.8. The van der Waals surface area contributed by atoms with Gasteiger partial charge in [-0.25, -0.2) is 17.5 Å². The van der Waals surface area contributed by atoms with Crippen LogP contribution in [0.3, 0.4) is 0 Å². The largest absolute Gasteiger partial charge is 0.351 e. The molecule has 0 aliphatic heterocycles. The fourth-order valence-electron chi connectivity index (χ4n) is 4.13. The lowest BCUT2D eigenvalue weighted by Crippen LogP contribution is -2.50. The minimum atomic E-state index is -3.57. The van der Waals surface area contributed by atoms with Gasteiger partial charge < -0.3 is 10.2 Å². The standard InChI is InChI=1S/C30H34FN3O4S/c1-3-20-32-30(36)28(21-24-8-6-5-7-9-24)34(22-25-10-15-26(31)16-11-25)29(35)19-14-23-12-17-27(18-13-23)39(37,38)33-4-2/h3,5-13,15-18,28,33H,1,4,14,19-22H2,2H3,(H,32,36)/t28-/m0/s1. The normalized spacial score (nSPS) is 11.9. The molecule has 0 saturated heterocycles. The van der Waals surface area contributed by atoms with Crippen molar-refractivity contribution in [2.24, 2.45) is 0 Å². The summed E-state index contributed by atoms with van der Waals surface area (Å²) < 4.78 is 40.4. The Labute approximate surface area is 229 Å². The van der Waals surface area contributed by atoms with Crippen molar-refractivity contribution in [1.29, 1.82) is 0 Å². The third-order valence-electron chi connectivity index (χ3n) is 6.15. The zero-order valence-corrected chi connectivity index (χ0v) is 22.8. The summed E-state index contributed by atoms with van der Waals surface area (Å²) in [5, 5.41) is 2.81. The molecule has 1 atom stereocenters. The molecular formula is C30H34FN3O4S. The van der Waals surface area contributed by atoms with Crippen molar-refractivity contribution in [2.45, 2.75) is 43.7 Å². The molecule has 0 aliphatic carbocycles. The molecule has 0 saturated carbocycles. The molecule has 7 nitrogen and oxygen atoms in total. The second kappa shape index (κ2) is 14.4. The first-order valence-electron chi connectivity index (χ1n) is 12.8. The number of hydrogen-bond acceptors (Lipinski definition) is 4. The van der Waals surface area contributed by atoms with E-state index in [1.54, 1.807) is 37.3 Å². The molecule has 0 spiro atoms. The SMILES string of the molecule is C=CCNC(=O)[C@H](Cc1ccccc1)N(Cc1ccc(F)cc1)C(=O)CCc1ccc(S(=O)(=O)NCC)cc1. The van der Waals surface area contributed by atoms with Gasteiger partial charge in [0.15, 0.2) is 0 Å². The van der Waals surface area contributed by atoms with Gasteiger partial charge in [-0.1, -0.05) is 67.6 Å². The van der Waals surface area contributed by atoms with E-state index in [9.17, 15) is 22.4 Å². The Hall–Kier alpha value is -3.82. The number of hydrogen-bond donors (Lipinski definition) is 2. The monoisotopic (exact) mass is 551 g/mol. The van der Waals surface area contributed by atoms with Crippen LogP contribution in [0, 0.1) is 5.82 Å². The van der Waals surface area contributed by atoms with Gasteiger partial charge in [-0.3, -0.25) is 9.59 Å². The van der Waals surface area contributed by atoms with E-state index in [2.05, 4.69) is 16.6 Å². The van der Waals surface area contributed by atoms with Gasteiger partial charge in [0.05, 0.1) is 4.90 Å². The quantitative estimate of drug-likeness (QED) is 0.296. The molecular weight excluding hydrogens is 517 g/mol. The van der Waals surface area contributed by atoms with E-state index < -0.39 is 16.1 Å². The zero-order valence-electron chi connectivity index (χ0n) is 22.0. The maximum atomic E-state index is 13.7. The molecule has 0 aliphatic rings. The fraction of sp³-hybridized carbons (Fsp3) is 0.267. The lowest BCUT2D eigenvalue weighted by Gasteiger charge is -2.31. The summed E-state index contributed by atoms with van der Waals surface area (Å²) in [6.45, 7) is 6.02. The van der Waals surface area contributed by atoms with E-state index in [0.29, 0.717) is 18.4 Å². The average Bonchev–Trinajstić information content (AvgIpc) is 2.94. The summed E-state index contributed by atoms with van der Waals surface area (Å²) in [7, 11) is -3.57. The van der Waals surface area contributed by atoms with Crippen LogP contribution in [0.15, 0.2) is 96.4 Å². The van der Waals surface area contributed by atoms with Crippen molar-refractivity contribution in [3.63, 3.8) is 0 Å². The molecule has 0 unspecified atom stereocenters. The fourth-order valence-corrected chi connectivity index (χ4v) is 5.18.